The third-order valence-electron chi connectivity index (χ3n) is 6.71. The minimum Gasteiger partial charge on any atom is -0.384 e. The molecule has 1 fully saturated rings. The summed E-state index contributed by atoms with van der Waals surface area (Å²) in [6, 6.07) is 7.13. The molecule has 0 bridgehead atoms. The average molecular weight is 436 g/mol. The van der Waals surface area contributed by atoms with Gasteiger partial charge in [0.15, 0.2) is 0 Å². The number of pyridine rings is 1. The maximum absolute atomic E-state index is 15.7. The Bertz CT molecular complexity index is 1210. The summed E-state index contributed by atoms with van der Waals surface area (Å²) in [5, 5.41) is 21.8. The number of carbonyl (C=O) groups excluding carboxylic acids is 1. The lowest BCUT2D eigenvalue weighted by molar-refractivity contribution is -0.148. The molecule has 1 aromatic carbocycles. The molecule has 0 unspecified atom stereocenters. The van der Waals surface area contributed by atoms with Gasteiger partial charge in [0.2, 0.25) is 5.91 Å². The van der Waals surface area contributed by atoms with Crippen molar-refractivity contribution in [3.05, 3.63) is 53.1 Å². The van der Waals surface area contributed by atoms with Crippen LogP contribution in [0.1, 0.15) is 30.5 Å². The van der Waals surface area contributed by atoms with Crippen LogP contribution in [0.2, 0.25) is 0 Å². The molecule has 1 aliphatic rings. The minimum absolute atomic E-state index is 0.0931. The second-order valence-corrected chi connectivity index (χ2v) is 8.68. The summed E-state index contributed by atoms with van der Waals surface area (Å²) in [7, 11) is 0. The number of benzene rings is 1. The molecule has 1 saturated heterocycles. The first-order chi connectivity index (χ1) is 15.2. The van der Waals surface area contributed by atoms with E-state index in [1.807, 2.05) is 19.9 Å². The highest BCUT2D eigenvalue weighted by Gasteiger charge is 2.48. The first-order valence-electron chi connectivity index (χ1n) is 10.6. The van der Waals surface area contributed by atoms with E-state index < -0.39 is 11.4 Å². The van der Waals surface area contributed by atoms with E-state index in [1.54, 1.807) is 30.3 Å². The molecule has 0 saturated carbocycles. The normalized spacial score (nSPS) is 23.3. The average Bonchev–Trinajstić information content (AvgIpc) is 3.19. The van der Waals surface area contributed by atoms with Crippen LogP contribution in [0.25, 0.3) is 22.2 Å². The molecule has 0 spiro atoms. The number of aliphatic hydroxyl groups is 1. The summed E-state index contributed by atoms with van der Waals surface area (Å²) in [4.78, 5) is 20.9. The van der Waals surface area contributed by atoms with Gasteiger partial charge >= 0.3 is 0 Å². The number of rotatable bonds is 3. The van der Waals surface area contributed by atoms with Crippen molar-refractivity contribution >= 4 is 16.9 Å². The van der Waals surface area contributed by atoms with Crippen LogP contribution in [0, 0.1) is 35.9 Å². The molecule has 1 aliphatic heterocycles. The summed E-state index contributed by atoms with van der Waals surface area (Å²) in [5.41, 5.74) is 7.22. The molecule has 0 radical (unpaired) electrons. The van der Waals surface area contributed by atoms with E-state index in [2.05, 4.69) is 16.0 Å². The number of fused-ring (bicyclic) bond motifs is 1. The predicted molar refractivity (Wildman–Crippen MR) is 119 cm³/mol. The number of aromatic amines is 1. The lowest BCUT2D eigenvalue weighted by atomic mass is 9.69. The van der Waals surface area contributed by atoms with Crippen molar-refractivity contribution in [2.75, 3.05) is 19.6 Å². The maximum Gasteiger partial charge on any atom is 0.236 e. The Morgan fingerprint density at radius 1 is 1.41 bits per heavy atom. The number of aromatic nitrogens is 2. The number of hydrogen-bond donors (Lipinski definition) is 3. The highest BCUT2D eigenvalue weighted by atomic mass is 19.1. The van der Waals surface area contributed by atoms with Gasteiger partial charge in [-0.15, -0.1) is 0 Å². The van der Waals surface area contributed by atoms with Crippen molar-refractivity contribution in [1.29, 1.82) is 5.26 Å². The number of carbonyl (C=O) groups is 1. The molecule has 3 heterocycles. The molecule has 3 atom stereocenters. The third-order valence-corrected chi connectivity index (χ3v) is 6.71. The third kappa shape index (κ3) is 3.25. The van der Waals surface area contributed by atoms with Gasteiger partial charge in [-0.2, -0.15) is 5.26 Å². The number of amides is 1. The fraction of sp³-hybridized carbons (Fsp3) is 0.375. The minimum atomic E-state index is -1.43. The number of nitrogens with zero attached hydrogens (tertiary/aromatic N) is 3. The van der Waals surface area contributed by atoms with Crippen LogP contribution in [0.15, 0.2) is 30.6 Å². The number of halogens is 1. The van der Waals surface area contributed by atoms with Gasteiger partial charge < -0.3 is 20.7 Å². The zero-order valence-electron chi connectivity index (χ0n) is 18.3. The molecule has 8 heteroatoms. The molecule has 7 nitrogen and oxygen atoms in total. The Balaban J connectivity index is 1.81. The van der Waals surface area contributed by atoms with E-state index in [4.69, 9.17) is 5.73 Å². The number of likely N-dealkylation sites (tertiary alicyclic amines) is 1. The Labute approximate surface area is 185 Å². The number of nitriles is 1. The van der Waals surface area contributed by atoms with Crippen LogP contribution >= 0.6 is 0 Å². The van der Waals surface area contributed by atoms with Crippen LogP contribution in [0.5, 0.6) is 0 Å². The lowest BCUT2D eigenvalue weighted by Crippen LogP contribution is -2.57. The zero-order valence-corrected chi connectivity index (χ0v) is 18.3. The number of aryl methyl sites for hydroxylation is 1. The second-order valence-electron chi connectivity index (χ2n) is 8.68. The highest BCUT2D eigenvalue weighted by molar-refractivity contribution is 5.97. The molecular formula is C24H26FN5O2. The van der Waals surface area contributed by atoms with E-state index in [0.717, 1.165) is 0 Å². The van der Waals surface area contributed by atoms with E-state index in [0.29, 0.717) is 46.4 Å². The molecule has 32 heavy (non-hydrogen) atoms. The lowest BCUT2D eigenvalue weighted by Gasteiger charge is -2.48. The fourth-order valence-corrected chi connectivity index (χ4v) is 5.12. The Morgan fingerprint density at radius 2 is 2.09 bits per heavy atom. The summed E-state index contributed by atoms with van der Waals surface area (Å²) in [6.45, 7) is 5.94. The molecule has 1 amide bonds. The maximum atomic E-state index is 15.7. The van der Waals surface area contributed by atoms with Gasteiger partial charge in [-0.25, -0.2) is 9.37 Å². The Kier molecular flexibility index (Phi) is 5.49. The van der Waals surface area contributed by atoms with Crippen LogP contribution in [0.4, 0.5) is 4.39 Å². The molecule has 3 aromatic rings. The largest absolute Gasteiger partial charge is 0.384 e. The highest BCUT2D eigenvalue weighted by Crippen LogP contribution is 2.45. The first-order valence-corrected chi connectivity index (χ1v) is 10.6. The van der Waals surface area contributed by atoms with Crippen molar-refractivity contribution in [3.63, 3.8) is 0 Å². The van der Waals surface area contributed by atoms with Gasteiger partial charge in [-0.1, -0.05) is 19.9 Å². The van der Waals surface area contributed by atoms with Crippen LogP contribution < -0.4 is 5.73 Å². The molecule has 4 rings (SSSR count). The molecule has 166 valence electrons. The summed E-state index contributed by atoms with van der Waals surface area (Å²) < 4.78 is 15.7. The summed E-state index contributed by atoms with van der Waals surface area (Å²) >= 11 is 0. The topological polar surface area (TPSA) is 119 Å². The number of H-pyrrole nitrogens is 1. The Hall–Kier alpha value is -3.28. The van der Waals surface area contributed by atoms with Crippen LogP contribution in [-0.4, -0.2) is 45.5 Å². The van der Waals surface area contributed by atoms with Crippen molar-refractivity contribution in [1.82, 2.24) is 14.9 Å². The van der Waals surface area contributed by atoms with E-state index >= 15 is 4.39 Å². The van der Waals surface area contributed by atoms with Gasteiger partial charge in [0.25, 0.3) is 0 Å². The SMILES string of the molecule is Cc1cc(-c2ccnc3[nH]cc(C#N)c23)cc(F)c1[C@@]1(O)[C@H](C)CN(C(=O)CN)C[C@@H]1C. The van der Waals surface area contributed by atoms with E-state index in [9.17, 15) is 15.2 Å². The molecular weight excluding hydrogens is 409 g/mol. The quantitative estimate of drug-likeness (QED) is 0.585. The summed E-state index contributed by atoms with van der Waals surface area (Å²) in [6.07, 6.45) is 3.19. The van der Waals surface area contributed by atoms with E-state index in [-0.39, 0.29) is 29.9 Å². The van der Waals surface area contributed by atoms with Gasteiger partial charge in [0, 0.05) is 48.3 Å². The van der Waals surface area contributed by atoms with Gasteiger partial charge in [0.05, 0.1) is 12.1 Å². The smallest absolute Gasteiger partial charge is 0.236 e. The standard InChI is InChI=1S/C24H26FN5O2/c1-13-6-16(18-4-5-28-23-21(18)17(8-26)10-29-23)7-19(25)22(13)24(32)14(2)11-30(12-15(24)3)20(31)9-27/h4-7,10,14-15,32H,9,11-12,27H2,1-3H3,(H,28,29)/t14-,15+,24-. The number of piperidine rings is 1. The van der Waals surface area contributed by atoms with Gasteiger partial charge in [-0.3, -0.25) is 4.79 Å². The molecule has 0 aliphatic carbocycles. The van der Waals surface area contributed by atoms with E-state index in [1.165, 1.54) is 6.07 Å². The monoisotopic (exact) mass is 435 g/mol. The van der Waals surface area contributed by atoms with Crippen molar-refractivity contribution in [3.8, 4) is 17.2 Å². The number of nitrogens with one attached hydrogen (secondary N) is 1. The van der Waals surface area contributed by atoms with Crippen molar-refractivity contribution < 1.29 is 14.3 Å². The Morgan fingerprint density at radius 3 is 2.69 bits per heavy atom. The fourth-order valence-electron chi connectivity index (χ4n) is 5.12. The van der Waals surface area contributed by atoms with Crippen LogP contribution in [0.3, 0.4) is 0 Å². The zero-order chi connectivity index (χ0) is 23.2. The van der Waals surface area contributed by atoms with Crippen molar-refractivity contribution in [2.45, 2.75) is 26.4 Å². The predicted octanol–water partition coefficient (Wildman–Crippen LogP) is 2.81. The second kappa shape index (κ2) is 8.01. The van der Waals surface area contributed by atoms with Crippen LogP contribution in [-0.2, 0) is 10.4 Å². The molecule has 2 aromatic heterocycles. The first kappa shape index (κ1) is 21.9. The number of nitrogens with two attached hydrogens (primary N) is 1. The van der Waals surface area contributed by atoms with Crippen molar-refractivity contribution in [2.24, 2.45) is 17.6 Å². The van der Waals surface area contributed by atoms with Gasteiger partial charge in [-0.05, 0) is 35.7 Å². The molecule has 4 N–H and O–H groups in total. The van der Waals surface area contributed by atoms with Gasteiger partial charge in [0.1, 0.15) is 23.1 Å². The number of hydrogen-bond acceptors (Lipinski definition) is 5. The summed E-state index contributed by atoms with van der Waals surface area (Å²) in [5.74, 6) is -1.47.